The minimum Gasteiger partial charge on any atom is -0.274 e. The molecule has 2 aromatic carbocycles. The zero-order valence-corrected chi connectivity index (χ0v) is 17.1. The molecule has 0 spiro atoms. The van der Waals surface area contributed by atoms with Crippen molar-refractivity contribution in [2.75, 3.05) is 4.90 Å². The number of aromatic nitrogens is 1. The lowest BCUT2D eigenvalue weighted by Crippen LogP contribution is -2.22. The summed E-state index contributed by atoms with van der Waals surface area (Å²) in [5.74, 6) is 0.761. The summed E-state index contributed by atoms with van der Waals surface area (Å²) in [5.41, 5.74) is 5.74. The fraction of sp³-hybridized carbons (Fsp3) is 0.238. The lowest BCUT2D eigenvalue weighted by Gasteiger charge is -2.17. The van der Waals surface area contributed by atoms with Crippen LogP contribution in [0.1, 0.15) is 29.3 Å². The maximum absolute atomic E-state index is 12.1. The van der Waals surface area contributed by atoms with E-state index in [2.05, 4.69) is 32.9 Å². The molecule has 0 aliphatic rings. The Morgan fingerprint density at radius 1 is 1.12 bits per heavy atom. The van der Waals surface area contributed by atoms with Crippen molar-refractivity contribution < 1.29 is 4.79 Å². The summed E-state index contributed by atoms with van der Waals surface area (Å²) in [5, 5.41) is 2.76. The van der Waals surface area contributed by atoms with Crippen molar-refractivity contribution in [3.05, 3.63) is 70.2 Å². The zero-order chi connectivity index (χ0) is 18.7. The van der Waals surface area contributed by atoms with Gasteiger partial charge in [-0.3, -0.25) is 9.69 Å². The number of thiazole rings is 1. The van der Waals surface area contributed by atoms with Gasteiger partial charge in [-0.15, -0.1) is 23.1 Å². The van der Waals surface area contributed by atoms with Crippen molar-refractivity contribution in [2.45, 2.75) is 38.3 Å². The molecule has 0 saturated carbocycles. The van der Waals surface area contributed by atoms with Gasteiger partial charge in [-0.25, -0.2) is 4.98 Å². The van der Waals surface area contributed by atoms with Gasteiger partial charge in [0, 0.05) is 23.0 Å². The predicted molar refractivity (Wildman–Crippen MR) is 112 cm³/mol. The quantitative estimate of drug-likeness (QED) is 0.504. The molecule has 0 unspecified atom stereocenters. The number of nitrogens with zero attached hydrogens (tertiary/aromatic N) is 2. The first-order chi connectivity index (χ1) is 12.5. The molecule has 0 aliphatic carbocycles. The Kier molecular flexibility index (Phi) is 5.79. The fourth-order valence-corrected chi connectivity index (χ4v) is 5.02. The Labute approximate surface area is 163 Å². The van der Waals surface area contributed by atoms with Crippen LogP contribution in [0.3, 0.4) is 0 Å². The minimum atomic E-state index is -0.0324. The number of anilines is 2. The van der Waals surface area contributed by atoms with Crippen LogP contribution in [-0.2, 0) is 10.5 Å². The van der Waals surface area contributed by atoms with E-state index in [1.807, 2.05) is 35.7 Å². The van der Waals surface area contributed by atoms with Crippen molar-refractivity contribution >= 4 is 39.8 Å². The van der Waals surface area contributed by atoms with E-state index in [0.717, 1.165) is 22.3 Å². The molecule has 0 N–H and O–H groups in total. The first-order valence-electron chi connectivity index (χ1n) is 8.46. The number of carbonyl (C=O) groups is 1. The van der Waals surface area contributed by atoms with Crippen molar-refractivity contribution in [2.24, 2.45) is 0 Å². The molecule has 0 atom stereocenters. The zero-order valence-electron chi connectivity index (χ0n) is 15.4. The van der Waals surface area contributed by atoms with Gasteiger partial charge in [0.15, 0.2) is 5.13 Å². The van der Waals surface area contributed by atoms with Gasteiger partial charge in [-0.2, -0.15) is 0 Å². The SMILES string of the molecule is CC(=O)N(c1ccccc1)c1nc(CSc2c(C)cc(C)cc2C)cs1. The molecule has 0 radical (unpaired) electrons. The third-order valence-corrected chi connectivity index (χ3v) is 6.28. The number of aryl methyl sites for hydroxylation is 3. The average Bonchev–Trinajstić information content (AvgIpc) is 3.03. The summed E-state index contributed by atoms with van der Waals surface area (Å²) < 4.78 is 0. The molecule has 26 heavy (non-hydrogen) atoms. The standard InChI is InChI=1S/C21H22N2OS2/c1-14-10-15(2)20(16(3)11-14)25-12-18-13-26-21(22-18)23(17(4)24)19-8-6-5-7-9-19/h5-11,13H,12H2,1-4H3. The van der Waals surface area contributed by atoms with Crippen molar-refractivity contribution in [1.82, 2.24) is 4.98 Å². The van der Waals surface area contributed by atoms with Crippen LogP contribution in [0.25, 0.3) is 0 Å². The molecule has 3 aromatic rings. The summed E-state index contributed by atoms with van der Waals surface area (Å²) in [4.78, 5) is 19.8. The molecule has 5 heteroatoms. The summed E-state index contributed by atoms with van der Waals surface area (Å²) >= 11 is 3.31. The summed E-state index contributed by atoms with van der Waals surface area (Å²) in [6, 6.07) is 14.1. The number of rotatable bonds is 5. The number of amides is 1. The van der Waals surface area contributed by atoms with Crippen LogP contribution in [0.4, 0.5) is 10.8 Å². The van der Waals surface area contributed by atoms with Gasteiger partial charge < -0.3 is 0 Å². The highest BCUT2D eigenvalue weighted by atomic mass is 32.2. The van der Waals surface area contributed by atoms with Crippen LogP contribution >= 0.6 is 23.1 Å². The van der Waals surface area contributed by atoms with Gasteiger partial charge in [0.2, 0.25) is 5.91 Å². The second kappa shape index (κ2) is 8.06. The lowest BCUT2D eigenvalue weighted by atomic mass is 10.1. The predicted octanol–water partition coefficient (Wildman–Crippen LogP) is 6.05. The van der Waals surface area contributed by atoms with Crippen LogP contribution < -0.4 is 4.90 Å². The van der Waals surface area contributed by atoms with Crippen molar-refractivity contribution in [3.8, 4) is 0 Å². The Morgan fingerprint density at radius 2 is 1.77 bits per heavy atom. The van der Waals surface area contributed by atoms with E-state index in [0.29, 0.717) is 0 Å². The first kappa shape index (κ1) is 18.7. The largest absolute Gasteiger partial charge is 0.274 e. The Hall–Kier alpha value is -2.11. The lowest BCUT2D eigenvalue weighted by molar-refractivity contribution is -0.115. The van der Waals surface area contributed by atoms with Gasteiger partial charge >= 0.3 is 0 Å². The van der Waals surface area contributed by atoms with Crippen molar-refractivity contribution in [3.63, 3.8) is 0 Å². The minimum absolute atomic E-state index is 0.0324. The van der Waals surface area contributed by atoms with E-state index in [-0.39, 0.29) is 5.91 Å². The molecular formula is C21H22N2OS2. The van der Waals surface area contributed by atoms with E-state index in [1.54, 1.807) is 23.6 Å². The summed E-state index contributed by atoms with van der Waals surface area (Å²) in [6.07, 6.45) is 0. The van der Waals surface area contributed by atoms with Gasteiger partial charge in [-0.05, 0) is 44.0 Å². The van der Waals surface area contributed by atoms with Gasteiger partial charge in [0.05, 0.1) is 11.4 Å². The number of thioether (sulfide) groups is 1. The monoisotopic (exact) mass is 382 g/mol. The van der Waals surface area contributed by atoms with Gasteiger partial charge in [-0.1, -0.05) is 35.9 Å². The molecule has 0 fully saturated rings. The summed E-state index contributed by atoms with van der Waals surface area (Å²) in [7, 11) is 0. The van der Waals surface area contributed by atoms with Crippen LogP contribution in [0.5, 0.6) is 0 Å². The third-order valence-electron chi connectivity index (χ3n) is 4.03. The smallest absolute Gasteiger partial charge is 0.230 e. The maximum atomic E-state index is 12.1. The number of carbonyl (C=O) groups excluding carboxylic acids is 1. The normalized spacial score (nSPS) is 10.8. The van der Waals surface area contributed by atoms with Crippen LogP contribution in [0, 0.1) is 20.8 Å². The molecule has 0 bridgehead atoms. The maximum Gasteiger partial charge on any atom is 0.230 e. The molecular weight excluding hydrogens is 360 g/mol. The Morgan fingerprint density at radius 3 is 2.38 bits per heavy atom. The van der Waals surface area contributed by atoms with Crippen LogP contribution in [0.2, 0.25) is 0 Å². The van der Waals surface area contributed by atoms with Crippen LogP contribution in [0.15, 0.2) is 52.7 Å². The number of hydrogen-bond donors (Lipinski definition) is 0. The van der Waals surface area contributed by atoms with Crippen molar-refractivity contribution in [1.29, 1.82) is 0 Å². The molecule has 3 rings (SSSR count). The molecule has 0 aliphatic heterocycles. The topological polar surface area (TPSA) is 33.2 Å². The second-order valence-electron chi connectivity index (χ2n) is 6.33. The van der Waals surface area contributed by atoms with E-state index in [1.165, 1.54) is 32.9 Å². The van der Waals surface area contributed by atoms with Gasteiger partial charge in [0.25, 0.3) is 0 Å². The molecule has 3 nitrogen and oxygen atoms in total. The van der Waals surface area contributed by atoms with Crippen LogP contribution in [-0.4, -0.2) is 10.9 Å². The van der Waals surface area contributed by atoms with E-state index < -0.39 is 0 Å². The van der Waals surface area contributed by atoms with E-state index in [9.17, 15) is 4.79 Å². The highest BCUT2D eigenvalue weighted by molar-refractivity contribution is 7.98. The molecule has 1 amide bonds. The molecule has 134 valence electrons. The third kappa shape index (κ3) is 4.17. The fourth-order valence-electron chi connectivity index (χ4n) is 3.01. The molecule has 1 heterocycles. The number of para-hydroxylation sites is 1. The average molecular weight is 383 g/mol. The molecule has 0 saturated heterocycles. The molecule has 1 aromatic heterocycles. The summed E-state index contributed by atoms with van der Waals surface area (Å²) in [6.45, 7) is 8.01. The Balaban J connectivity index is 1.79. The second-order valence-corrected chi connectivity index (χ2v) is 8.15. The van der Waals surface area contributed by atoms with E-state index >= 15 is 0 Å². The first-order valence-corrected chi connectivity index (χ1v) is 10.3. The number of benzene rings is 2. The van der Waals surface area contributed by atoms with Gasteiger partial charge in [0.1, 0.15) is 0 Å². The van der Waals surface area contributed by atoms with E-state index in [4.69, 9.17) is 4.98 Å². The highest BCUT2D eigenvalue weighted by Crippen LogP contribution is 2.33. The highest BCUT2D eigenvalue weighted by Gasteiger charge is 2.17. The number of hydrogen-bond acceptors (Lipinski definition) is 4. The Bertz CT molecular complexity index is 896.